The number of ether oxygens (including phenoxy) is 1. The fraction of sp³-hybridized carbons (Fsp3) is 0.200. The van der Waals surface area contributed by atoms with E-state index in [0.717, 1.165) is 20.7 Å². The third-order valence-electron chi connectivity index (χ3n) is 3.00. The average Bonchev–Trinajstić information content (AvgIpc) is 2.88. The molecular weight excluding hydrogens is 286 g/mol. The van der Waals surface area contributed by atoms with Crippen molar-refractivity contribution in [3.05, 3.63) is 40.8 Å². The fourth-order valence-corrected chi connectivity index (χ4v) is 2.89. The van der Waals surface area contributed by atoms with Crippen LogP contribution in [-0.2, 0) is 6.61 Å². The molecule has 6 heteroatoms. The van der Waals surface area contributed by atoms with Crippen LogP contribution in [0.4, 0.5) is 5.95 Å². The molecule has 3 aromatic rings. The predicted molar refractivity (Wildman–Crippen MR) is 84.1 cm³/mol. The highest BCUT2D eigenvalue weighted by Crippen LogP contribution is 2.33. The van der Waals surface area contributed by atoms with Crippen LogP contribution in [0.3, 0.4) is 0 Å². The first-order chi connectivity index (χ1) is 10.2. The van der Waals surface area contributed by atoms with Crippen molar-refractivity contribution in [2.45, 2.75) is 13.5 Å². The van der Waals surface area contributed by atoms with Crippen molar-refractivity contribution in [3.8, 4) is 11.6 Å². The van der Waals surface area contributed by atoms with Gasteiger partial charge < -0.3 is 15.2 Å². The summed E-state index contributed by atoms with van der Waals surface area (Å²) in [6.07, 6.45) is 0. The van der Waals surface area contributed by atoms with Gasteiger partial charge in [0.1, 0.15) is 10.6 Å². The molecule has 0 unspecified atom stereocenters. The number of aliphatic hydroxyl groups excluding tert-OH is 1. The number of aromatic nitrogens is 2. The molecule has 5 nitrogen and oxygen atoms in total. The molecule has 0 atom stereocenters. The lowest BCUT2D eigenvalue weighted by atomic mass is 10.2. The molecule has 108 valence electrons. The van der Waals surface area contributed by atoms with Gasteiger partial charge in [0.05, 0.1) is 12.0 Å². The molecular formula is C15H15N3O2S. The van der Waals surface area contributed by atoms with E-state index in [9.17, 15) is 5.11 Å². The molecule has 2 heterocycles. The first-order valence-corrected chi connectivity index (χ1v) is 7.35. The van der Waals surface area contributed by atoms with Gasteiger partial charge in [-0.25, -0.2) is 4.98 Å². The smallest absolute Gasteiger partial charge is 0.232 e. The van der Waals surface area contributed by atoms with Gasteiger partial charge in [-0.1, -0.05) is 12.1 Å². The molecule has 1 aromatic carbocycles. The third-order valence-corrected chi connectivity index (χ3v) is 3.94. The Hall–Kier alpha value is -2.18. The van der Waals surface area contributed by atoms with Gasteiger partial charge in [0, 0.05) is 11.9 Å². The predicted octanol–water partition coefficient (Wildman–Crippen LogP) is 3.33. The molecule has 0 aliphatic carbocycles. The lowest BCUT2D eigenvalue weighted by Gasteiger charge is -2.08. The summed E-state index contributed by atoms with van der Waals surface area (Å²) < 4.78 is 5.89. The van der Waals surface area contributed by atoms with Gasteiger partial charge in [-0.2, -0.15) is 4.98 Å². The van der Waals surface area contributed by atoms with Gasteiger partial charge in [-0.3, -0.25) is 0 Å². The summed E-state index contributed by atoms with van der Waals surface area (Å²) in [6, 6.07) is 9.34. The summed E-state index contributed by atoms with van der Waals surface area (Å²) >= 11 is 1.60. The van der Waals surface area contributed by atoms with Crippen molar-refractivity contribution in [1.29, 1.82) is 0 Å². The second kappa shape index (κ2) is 5.67. The zero-order chi connectivity index (χ0) is 14.8. The number of aryl methyl sites for hydroxylation is 1. The van der Waals surface area contributed by atoms with E-state index in [1.807, 2.05) is 31.2 Å². The molecule has 2 aromatic heterocycles. The topological polar surface area (TPSA) is 67.3 Å². The zero-order valence-electron chi connectivity index (χ0n) is 11.8. The minimum Gasteiger partial charge on any atom is -0.438 e. The number of fused-ring (bicyclic) bond motifs is 1. The van der Waals surface area contributed by atoms with Crippen molar-refractivity contribution in [2.75, 3.05) is 12.4 Å². The highest BCUT2D eigenvalue weighted by Gasteiger charge is 2.12. The summed E-state index contributed by atoms with van der Waals surface area (Å²) in [5, 5.41) is 13.0. The van der Waals surface area contributed by atoms with Crippen LogP contribution in [0.5, 0.6) is 11.6 Å². The average molecular weight is 301 g/mol. The Kier molecular flexibility index (Phi) is 3.72. The molecule has 0 fully saturated rings. The SMILES string of the molecule is CNc1nc(Oc2cccc(CO)c2)c2cc(C)sc2n1. The monoisotopic (exact) mass is 301 g/mol. The normalized spacial score (nSPS) is 10.8. The van der Waals surface area contributed by atoms with Crippen LogP contribution in [0, 0.1) is 6.92 Å². The maximum atomic E-state index is 9.20. The van der Waals surface area contributed by atoms with Crippen LogP contribution >= 0.6 is 11.3 Å². The van der Waals surface area contributed by atoms with E-state index in [1.165, 1.54) is 0 Å². The minimum atomic E-state index is -0.0181. The van der Waals surface area contributed by atoms with E-state index in [-0.39, 0.29) is 6.61 Å². The van der Waals surface area contributed by atoms with Crippen molar-refractivity contribution in [1.82, 2.24) is 9.97 Å². The standard InChI is InChI=1S/C15H15N3O2S/c1-9-6-12-13(17-15(16-2)18-14(12)21-9)20-11-5-3-4-10(7-11)8-19/h3-7,19H,8H2,1-2H3,(H,16,17,18). The number of hydrogen-bond donors (Lipinski definition) is 2. The Morgan fingerprint density at radius 3 is 2.90 bits per heavy atom. The van der Waals surface area contributed by atoms with Gasteiger partial charge in [-0.15, -0.1) is 11.3 Å². The number of anilines is 1. The van der Waals surface area contributed by atoms with Gasteiger partial charge >= 0.3 is 0 Å². The first-order valence-electron chi connectivity index (χ1n) is 6.53. The van der Waals surface area contributed by atoms with Crippen molar-refractivity contribution in [3.63, 3.8) is 0 Å². The lowest BCUT2D eigenvalue weighted by molar-refractivity contribution is 0.281. The molecule has 0 aliphatic rings. The number of rotatable bonds is 4. The summed E-state index contributed by atoms with van der Waals surface area (Å²) in [5.74, 6) is 1.69. The molecule has 0 saturated heterocycles. The Morgan fingerprint density at radius 1 is 1.29 bits per heavy atom. The maximum Gasteiger partial charge on any atom is 0.232 e. The number of nitrogens with zero attached hydrogens (tertiary/aromatic N) is 2. The van der Waals surface area contributed by atoms with E-state index in [0.29, 0.717) is 17.6 Å². The van der Waals surface area contributed by atoms with Crippen molar-refractivity contribution in [2.24, 2.45) is 0 Å². The maximum absolute atomic E-state index is 9.20. The minimum absolute atomic E-state index is 0.0181. The van der Waals surface area contributed by atoms with Gasteiger partial charge in [0.15, 0.2) is 0 Å². The quantitative estimate of drug-likeness (QED) is 0.773. The van der Waals surface area contributed by atoms with Crippen LogP contribution < -0.4 is 10.1 Å². The molecule has 0 bridgehead atoms. The van der Waals surface area contributed by atoms with Crippen LogP contribution in [0.15, 0.2) is 30.3 Å². The summed E-state index contributed by atoms with van der Waals surface area (Å²) in [7, 11) is 1.78. The van der Waals surface area contributed by atoms with Crippen LogP contribution in [-0.4, -0.2) is 22.1 Å². The van der Waals surface area contributed by atoms with Crippen molar-refractivity contribution < 1.29 is 9.84 Å². The second-order valence-corrected chi connectivity index (χ2v) is 5.82. The fourth-order valence-electron chi connectivity index (χ4n) is 2.02. The molecule has 0 saturated carbocycles. The van der Waals surface area contributed by atoms with Crippen LogP contribution in [0.25, 0.3) is 10.2 Å². The zero-order valence-corrected chi connectivity index (χ0v) is 12.6. The van der Waals surface area contributed by atoms with E-state index in [4.69, 9.17) is 4.74 Å². The van der Waals surface area contributed by atoms with E-state index < -0.39 is 0 Å². The lowest BCUT2D eigenvalue weighted by Crippen LogP contribution is -1.98. The van der Waals surface area contributed by atoms with Gasteiger partial charge in [-0.05, 0) is 30.7 Å². The Labute approximate surface area is 126 Å². The molecule has 3 rings (SSSR count). The Bertz CT molecular complexity index is 786. The third kappa shape index (κ3) is 2.81. The summed E-state index contributed by atoms with van der Waals surface area (Å²) in [5.41, 5.74) is 0.799. The van der Waals surface area contributed by atoms with Gasteiger partial charge in [0.2, 0.25) is 11.8 Å². The van der Waals surface area contributed by atoms with E-state index in [1.54, 1.807) is 24.5 Å². The summed E-state index contributed by atoms with van der Waals surface area (Å²) in [6.45, 7) is 2.01. The second-order valence-electron chi connectivity index (χ2n) is 4.59. The number of benzene rings is 1. The molecule has 0 amide bonds. The summed E-state index contributed by atoms with van der Waals surface area (Å²) in [4.78, 5) is 10.9. The molecule has 0 aliphatic heterocycles. The largest absolute Gasteiger partial charge is 0.438 e. The number of aliphatic hydroxyl groups is 1. The van der Waals surface area contributed by atoms with Gasteiger partial charge in [0.25, 0.3) is 0 Å². The molecule has 0 radical (unpaired) electrons. The Balaban J connectivity index is 2.05. The first kappa shape index (κ1) is 13.8. The molecule has 0 spiro atoms. The van der Waals surface area contributed by atoms with E-state index in [2.05, 4.69) is 15.3 Å². The van der Waals surface area contributed by atoms with Crippen molar-refractivity contribution >= 4 is 27.5 Å². The number of thiophene rings is 1. The highest BCUT2D eigenvalue weighted by molar-refractivity contribution is 7.18. The van der Waals surface area contributed by atoms with E-state index >= 15 is 0 Å². The number of hydrogen-bond acceptors (Lipinski definition) is 6. The van der Waals surface area contributed by atoms with Crippen LogP contribution in [0.2, 0.25) is 0 Å². The molecule has 2 N–H and O–H groups in total. The Morgan fingerprint density at radius 2 is 2.14 bits per heavy atom. The van der Waals surface area contributed by atoms with Crippen LogP contribution in [0.1, 0.15) is 10.4 Å². The molecule has 21 heavy (non-hydrogen) atoms. The highest BCUT2D eigenvalue weighted by atomic mass is 32.1. The number of nitrogens with one attached hydrogen (secondary N) is 1.